The number of carbonyl (C=O) groups excluding carboxylic acids is 1. The molecule has 0 radical (unpaired) electrons. The largest absolute Gasteiger partial charge is 0.316 e. The number of H-pyrrole nitrogens is 1. The van der Waals surface area contributed by atoms with Gasteiger partial charge >= 0.3 is 0 Å². The van der Waals surface area contributed by atoms with Gasteiger partial charge in [-0.3, -0.25) is 9.89 Å². The number of aromatic amines is 1. The highest BCUT2D eigenvalue weighted by Gasteiger charge is 2.15. The van der Waals surface area contributed by atoms with Crippen molar-refractivity contribution in [1.29, 1.82) is 0 Å². The van der Waals surface area contributed by atoms with E-state index in [1.54, 1.807) is 0 Å². The Morgan fingerprint density at radius 3 is 2.76 bits per heavy atom. The van der Waals surface area contributed by atoms with Gasteiger partial charge in [-0.05, 0) is 22.0 Å². The number of hydrogen-bond donors (Lipinski definition) is 2. The Balaban J connectivity index is 2.28. The molecular formula is C9H5BrF2N4O. The van der Waals surface area contributed by atoms with E-state index in [9.17, 15) is 13.6 Å². The molecule has 1 aromatic heterocycles. The lowest BCUT2D eigenvalue weighted by atomic mass is 10.3. The van der Waals surface area contributed by atoms with Crippen LogP contribution in [0.25, 0.3) is 0 Å². The quantitative estimate of drug-likeness (QED) is 0.892. The van der Waals surface area contributed by atoms with Gasteiger partial charge in [0.05, 0.1) is 5.69 Å². The van der Waals surface area contributed by atoms with Gasteiger partial charge in [0.25, 0.3) is 5.91 Å². The summed E-state index contributed by atoms with van der Waals surface area (Å²) in [4.78, 5) is 15.1. The molecule has 0 saturated heterocycles. The molecule has 0 bridgehead atoms. The molecule has 88 valence electrons. The SMILES string of the molecule is O=C(Nc1c(F)cc(F)cc1Br)c1ncn[nH]1. The van der Waals surface area contributed by atoms with Gasteiger partial charge in [0.2, 0.25) is 5.82 Å². The van der Waals surface area contributed by atoms with Gasteiger partial charge in [0, 0.05) is 10.5 Å². The first-order valence-electron chi connectivity index (χ1n) is 4.39. The zero-order chi connectivity index (χ0) is 12.4. The van der Waals surface area contributed by atoms with Gasteiger partial charge in [-0.2, -0.15) is 5.10 Å². The van der Waals surface area contributed by atoms with Crippen LogP contribution < -0.4 is 5.32 Å². The molecule has 0 unspecified atom stereocenters. The Bertz CT molecular complexity index is 535. The van der Waals surface area contributed by atoms with Crippen LogP contribution in [0.1, 0.15) is 10.6 Å². The maximum atomic E-state index is 13.4. The Morgan fingerprint density at radius 2 is 2.18 bits per heavy atom. The Morgan fingerprint density at radius 1 is 1.41 bits per heavy atom. The van der Waals surface area contributed by atoms with Crippen LogP contribution in [0.15, 0.2) is 22.9 Å². The Hall–Kier alpha value is -1.83. The number of anilines is 1. The lowest BCUT2D eigenvalue weighted by Crippen LogP contribution is -2.15. The first-order valence-corrected chi connectivity index (χ1v) is 5.18. The molecule has 2 aromatic rings. The fraction of sp³-hybridized carbons (Fsp3) is 0. The highest BCUT2D eigenvalue weighted by Crippen LogP contribution is 2.26. The minimum absolute atomic E-state index is 0.0689. The number of rotatable bonds is 2. The molecule has 0 aliphatic rings. The predicted molar refractivity (Wildman–Crippen MR) is 58.4 cm³/mol. The fourth-order valence-electron chi connectivity index (χ4n) is 1.15. The zero-order valence-corrected chi connectivity index (χ0v) is 9.75. The second-order valence-electron chi connectivity index (χ2n) is 3.03. The summed E-state index contributed by atoms with van der Waals surface area (Å²) in [6, 6.07) is 1.71. The van der Waals surface area contributed by atoms with Crippen molar-refractivity contribution in [2.45, 2.75) is 0 Å². The standard InChI is InChI=1S/C9H5BrF2N4O/c10-5-1-4(11)2-6(12)7(5)15-9(17)8-13-3-14-16-8/h1-3H,(H,15,17)(H,13,14,16). The van der Waals surface area contributed by atoms with Crippen molar-refractivity contribution in [2.75, 3.05) is 5.32 Å². The van der Waals surface area contributed by atoms with Crippen LogP contribution in [-0.4, -0.2) is 21.1 Å². The molecule has 0 fully saturated rings. The number of hydrogen-bond acceptors (Lipinski definition) is 3. The third kappa shape index (κ3) is 2.47. The maximum absolute atomic E-state index is 13.4. The summed E-state index contributed by atoms with van der Waals surface area (Å²) >= 11 is 2.95. The third-order valence-corrected chi connectivity index (χ3v) is 2.50. The van der Waals surface area contributed by atoms with Crippen molar-refractivity contribution >= 4 is 27.5 Å². The summed E-state index contributed by atoms with van der Waals surface area (Å²) in [7, 11) is 0. The molecule has 17 heavy (non-hydrogen) atoms. The van der Waals surface area contributed by atoms with E-state index in [1.807, 2.05) is 0 Å². The molecule has 0 saturated carbocycles. The van der Waals surface area contributed by atoms with Crippen LogP contribution in [0.4, 0.5) is 14.5 Å². The second-order valence-corrected chi connectivity index (χ2v) is 3.89. The average Bonchev–Trinajstić information content (AvgIpc) is 2.76. The minimum Gasteiger partial charge on any atom is -0.316 e. The smallest absolute Gasteiger partial charge is 0.293 e. The molecule has 1 heterocycles. The molecule has 0 aliphatic carbocycles. The minimum atomic E-state index is -0.884. The summed E-state index contributed by atoms with van der Waals surface area (Å²) in [6.45, 7) is 0. The highest BCUT2D eigenvalue weighted by molar-refractivity contribution is 9.10. The van der Waals surface area contributed by atoms with E-state index in [4.69, 9.17) is 0 Å². The van der Waals surface area contributed by atoms with E-state index in [2.05, 4.69) is 36.4 Å². The van der Waals surface area contributed by atoms with E-state index < -0.39 is 17.5 Å². The maximum Gasteiger partial charge on any atom is 0.293 e. The average molecular weight is 303 g/mol. The van der Waals surface area contributed by atoms with Crippen molar-refractivity contribution in [3.63, 3.8) is 0 Å². The molecule has 0 aliphatic heterocycles. The summed E-state index contributed by atoms with van der Waals surface area (Å²) in [6.07, 6.45) is 1.14. The topological polar surface area (TPSA) is 70.7 Å². The van der Waals surface area contributed by atoms with Crippen LogP contribution in [0, 0.1) is 11.6 Å². The summed E-state index contributed by atoms with van der Waals surface area (Å²) < 4.78 is 26.3. The Kier molecular flexibility index (Phi) is 3.14. The number of amides is 1. The molecule has 1 amide bonds. The van der Waals surface area contributed by atoms with Crippen LogP contribution in [0.3, 0.4) is 0 Å². The van der Waals surface area contributed by atoms with Gasteiger partial charge in [-0.25, -0.2) is 13.8 Å². The lowest BCUT2D eigenvalue weighted by molar-refractivity contribution is 0.101. The van der Waals surface area contributed by atoms with Gasteiger partial charge in [-0.1, -0.05) is 0 Å². The van der Waals surface area contributed by atoms with E-state index in [-0.39, 0.29) is 16.0 Å². The first kappa shape index (κ1) is 11.6. The van der Waals surface area contributed by atoms with Crippen LogP contribution in [0.2, 0.25) is 0 Å². The van der Waals surface area contributed by atoms with E-state index in [0.29, 0.717) is 6.07 Å². The molecule has 0 atom stereocenters. The fourth-order valence-corrected chi connectivity index (χ4v) is 1.66. The normalized spacial score (nSPS) is 10.3. The summed E-state index contributed by atoms with van der Waals surface area (Å²) in [5.74, 6) is -2.37. The summed E-state index contributed by atoms with van der Waals surface area (Å²) in [5.41, 5.74) is -0.159. The second kappa shape index (κ2) is 4.58. The van der Waals surface area contributed by atoms with Gasteiger partial charge in [0.1, 0.15) is 12.1 Å². The number of benzene rings is 1. The number of nitrogens with zero attached hydrogens (tertiary/aromatic N) is 2. The van der Waals surface area contributed by atoms with E-state index >= 15 is 0 Å². The van der Waals surface area contributed by atoms with Crippen molar-refractivity contribution in [2.24, 2.45) is 0 Å². The van der Waals surface area contributed by atoms with Crippen LogP contribution >= 0.6 is 15.9 Å². The van der Waals surface area contributed by atoms with Gasteiger partial charge in [-0.15, -0.1) is 0 Å². The first-order chi connectivity index (χ1) is 8.08. The predicted octanol–water partition coefficient (Wildman–Crippen LogP) is 2.10. The number of nitrogens with one attached hydrogen (secondary N) is 2. The molecule has 2 N–H and O–H groups in total. The lowest BCUT2D eigenvalue weighted by Gasteiger charge is -2.07. The molecular weight excluding hydrogens is 298 g/mol. The van der Waals surface area contributed by atoms with E-state index in [1.165, 1.54) is 0 Å². The third-order valence-electron chi connectivity index (χ3n) is 1.88. The van der Waals surface area contributed by atoms with Crippen molar-refractivity contribution in [3.05, 3.63) is 40.4 Å². The molecule has 5 nitrogen and oxygen atoms in total. The van der Waals surface area contributed by atoms with Gasteiger partial charge < -0.3 is 5.32 Å². The van der Waals surface area contributed by atoms with E-state index in [0.717, 1.165) is 12.4 Å². The number of halogens is 3. The molecule has 1 aromatic carbocycles. The molecule has 0 spiro atoms. The van der Waals surface area contributed by atoms with Crippen molar-refractivity contribution in [1.82, 2.24) is 15.2 Å². The van der Waals surface area contributed by atoms with Crippen LogP contribution in [0.5, 0.6) is 0 Å². The summed E-state index contributed by atoms with van der Waals surface area (Å²) in [5, 5.41) is 8.05. The van der Waals surface area contributed by atoms with Gasteiger partial charge in [0.15, 0.2) is 5.82 Å². The Labute approximate surface area is 102 Å². The van der Waals surface area contributed by atoms with Crippen molar-refractivity contribution in [3.8, 4) is 0 Å². The highest BCUT2D eigenvalue weighted by atomic mass is 79.9. The monoisotopic (exact) mass is 302 g/mol. The molecule has 8 heteroatoms. The molecule has 2 rings (SSSR count). The van der Waals surface area contributed by atoms with Crippen LogP contribution in [-0.2, 0) is 0 Å². The number of aromatic nitrogens is 3. The van der Waals surface area contributed by atoms with Crippen molar-refractivity contribution < 1.29 is 13.6 Å². The zero-order valence-electron chi connectivity index (χ0n) is 8.17. The number of carbonyl (C=O) groups is 1.